The molecule has 0 aliphatic heterocycles. The quantitative estimate of drug-likeness (QED) is 0.421. The molecule has 6 rings (SSSR count). The SMILES string of the molecule is CCC1C[C@H](Nc2c(NC3CC3)c(=O)c2=O)C[C@@H]1c1nnc2cnc3[nH]ccc3n12. The average Bonchev–Trinajstić information content (AvgIpc) is 3.15. The van der Waals surface area contributed by atoms with Crippen LogP contribution in [0.5, 0.6) is 0 Å². The Labute approximate surface area is 171 Å². The van der Waals surface area contributed by atoms with Crippen molar-refractivity contribution in [3.63, 3.8) is 0 Å². The van der Waals surface area contributed by atoms with Gasteiger partial charge in [-0.15, -0.1) is 10.2 Å². The van der Waals surface area contributed by atoms with Gasteiger partial charge in [0.25, 0.3) is 10.9 Å². The van der Waals surface area contributed by atoms with E-state index in [0.717, 1.165) is 54.7 Å². The fourth-order valence-corrected chi connectivity index (χ4v) is 4.95. The molecular formula is C21H23N7O2. The minimum absolute atomic E-state index is 0.124. The molecule has 3 atom stereocenters. The highest BCUT2D eigenvalue weighted by Gasteiger charge is 2.39. The van der Waals surface area contributed by atoms with Gasteiger partial charge in [0.15, 0.2) is 11.3 Å². The van der Waals surface area contributed by atoms with Crippen molar-refractivity contribution in [1.29, 1.82) is 0 Å². The van der Waals surface area contributed by atoms with Gasteiger partial charge in [-0.05, 0) is 37.7 Å². The van der Waals surface area contributed by atoms with Crippen molar-refractivity contribution in [2.24, 2.45) is 5.92 Å². The molecule has 1 unspecified atom stereocenters. The van der Waals surface area contributed by atoms with Gasteiger partial charge in [0.05, 0.1) is 11.7 Å². The molecule has 0 spiro atoms. The fraction of sp³-hybridized carbons (Fsp3) is 0.476. The van der Waals surface area contributed by atoms with Gasteiger partial charge in [-0.1, -0.05) is 13.3 Å². The number of hydrogen-bond acceptors (Lipinski definition) is 7. The van der Waals surface area contributed by atoms with Gasteiger partial charge < -0.3 is 15.6 Å². The maximum absolute atomic E-state index is 12.2. The van der Waals surface area contributed by atoms with Crippen molar-refractivity contribution in [1.82, 2.24) is 24.6 Å². The normalized spacial score (nSPS) is 24.2. The lowest BCUT2D eigenvalue weighted by atomic mass is 9.93. The summed E-state index contributed by atoms with van der Waals surface area (Å²) < 4.78 is 2.09. The molecular weight excluding hydrogens is 382 g/mol. The molecule has 3 aromatic heterocycles. The van der Waals surface area contributed by atoms with Crippen molar-refractivity contribution in [2.45, 2.75) is 57.0 Å². The van der Waals surface area contributed by atoms with Crippen molar-refractivity contribution in [3.8, 4) is 0 Å². The molecule has 154 valence electrons. The number of aromatic nitrogens is 5. The second kappa shape index (κ2) is 6.38. The maximum Gasteiger partial charge on any atom is 0.253 e. The topological polar surface area (TPSA) is 117 Å². The van der Waals surface area contributed by atoms with Crippen LogP contribution in [0.2, 0.25) is 0 Å². The molecule has 30 heavy (non-hydrogen) atoms. The van der Waals surface area contributed by atoms with Crippen LogP contribution >= 0.6 is 0 Å². The average molecular weight is 405 g/mol. The highest BCUT2D eigenvalue weighted by Crippen LogP contribution is 2.42. The third-order valence-corrected chi connectivity index (χ3v) is 6.70. The Morgan fingerprint density at radius 3 is 2.60 bits per heavy atom. The number of hydrogen-bond donors (Lipinski definition) is 3. The lowest BCUT2D eigenvalue weighted by Crippen LogP contribution is -2.39. The Bertz CT molecular complexity index is 1320. The molecule has 0 amide bonds. The molecule has 3 heterocycles. The van der Waals surface area contributed by atoms with Crippen molar-refractivity contribution in [3.05, 3.63) is 44.7 Å². The van der Waals surface area contributed by atoms with Gasteiger partial charge in [0, 0.05) is 24.2 Å². The Balaban J connectivity index is 1.31. The van der Waals surface area contributed by atoms with E-state index in [1.54, 1.807) is 6.20 Å². The molecule has 1 aromatic carbocycles. The van der Waals surface area contributed by atoms with E-state index >= 15 is 0 Å². The largest absolute Gasteiger partial charge is 0.377 e. The Hall–Kier alpha value is -3.23. The van der Waals surface area contributed by atoms with Crippen LogP contribution in [0.15, 0.2) is 28.0 Å². The number of nitrogens with one attached hydrogen (secondary N) is 3. The summed E-state index contributed by atoms with van der Waals surface area (Å²) in [7, 11) is 0. The van der Waals surface area contributed by atoms with Crippen molar-refractivity contribution < 1.29 is 0 Å². The Morgan fingerprint density at radius 2 is 1.87 bits per heavy atom. The number of nitrogens with zero attached hydrogens (tertiary/aromatic N) is 4. The zero-order valence-electron chi connectivity index (χ0n) is 16.7. The molecule has 0 radical (unpaired) electrons. The fourth-order valence-electron chi connectivity index (χ4n) is 4.95. The smallest absolute Gasteiger partial charge is 0.253 e. The summed E-state index contributed by atoms with van der Waals surface area (Å²) >= 11 is 0. The van der Waals surface area contributed by atoms with Crippen molar-refractivity contribution >= 4 is 28.2 Å². The first kappa shape index (κ1) is 17.6. The lowest BCUT2D eigenvalue weighted by molar-refractivity contribution is 0.451. The molecule has 4 aromatic rings. The van der Waals surface area contributed by atoms with Crippen molar-refractivity contribution in [2.75, 3.05) is 10.6 Å². The van der Waals surface area contributed by atoms with Crippen LogP contribution in [0.3, 0.4) is 0 Å². The number of anilines is 2. The second-order valence-corrected chi connectivity index (χ2v) is 8.64. The monoisotopic (exact) mass is 405 g/mol. The number of H-pyrrole nitrogens is 1. The van der Waals surface area contributed by atoms with Crippen LogP contribution in [0.4, 0.5) is 11.4 Å². The standard InChI is InChI=1S/C21H23N7O2/c1-2-10-7-12(25-17-16(18(29)19(17)30)24-11-3-4-11)8-13(10)21-27-26-15-9-23-20-14(28(15)21)5-6-22-20/h5-6,9-13,22,24-25H,2-4,7-8H2,1H3/t10?,12-,13-/m0/s1. The first-order chi connectivity index (χ1) is 14.6. The molecule has 3 N–H and O–H groups in total. The van der Waals surface area contributed by atoms with E-state index in [4.69, 9.17) is 0 Å². The molecule has 2 aliphatic carbocycles. The van der Waals surface area contributed by atoms with Gasteiger partial charge in [0.1, 0.15) is 17.2 Å². The highest BCUT2D eigenvalue weighted by molar-refractivity contribution is 5.75. The van der Waals surface area contributed by atoms with Crippen LogP contribution < -0.4 is 21.5 Å². The van der Waals surface area contributed by atoms with E-state index in [0.29, 0.717) is 23.3 Å². The first-order valence-electron chi connectivity index (χ1n) is 10.7. The summed E-state index contributed by atoms with van der Waals surface area (Å²) in [6, 6.07) is 2.46. The summed E-state index contributed by atoms with van der Waals surface area (Å²) in [6.07, 6.45) is 8.51. The van der Waals surface area contributed by atoms with Gasteiger partial charge in [-0.25, -0.2) is 4.98 Å². The number of fused-ring (bicyclic) bond motifs is 3. The minimum atomic E-state index is -0.400. The minimum Gasteiger partial charge on any atom is -0.377 e. The highest BCUT2D eigenvalue weighted by atomic mass is 16.2. The van der Waals surface area contributed by atoms with E-state index in [1.165, 1.54) is 0 Å². The molecule has 2 aliphatic rings. The summed E-state index contributed by atoms with van der Waals surface area (Å²) in [5.74, 6) is 1.58. The first-order valence-corrected chi connectivity index (χ1v) is 10.7. The van der Waals surface area contributed by atoms with Crippen LogP contribution in [-0.2, 0) is 0 Å². The van der Waals surface area contributed by atoms with Gasteiger partial charge in [-0.2, -0.15) is 0 Å². The van der Waals surface area contributed by atoms with Crippen LogP contribution in [0.25, 0.3) is 16.8 Å². The Morgan fingerprint density at radius 1 is 1.10 bits per heavy atom. The molecule has 9 nitrogen and oxygen atoms in total. The second-order valence-electron chi connectivity index (χ2n) is 8.64. The van der Waals surface area contributed by atoms with E-state index < -0.39 is 10.9 Å². The Kier molecular flexibility index (Phi) is 3.75. The molecule has 2 saturated carbocycles. The number of rotatable bonds is 6. The molecule has 0 saturated heterocycles. The van der Waals surface area contributed by atoms with Gasteiger partial charge in [-0.3, -0.25) is 14.0 Å². The predicted octanol–water partition coefficient (Wildman–Crippen LogP) is 2.16. The third-order valence-electron chi connectivity index (χ3n) is 6.70. The zero-order valence-corrected chi connectivity index (χ0v) is 16.7. The number of aromatic amines is 1. The third kappa shape index (κ3) is 2.57. The molecule has 0 bridgehead atoms. The summed E-state index contributed by atoms with van der Waals surface area (Å²) in [5.41, 5.74) is 2.67. The lowest BCUT2D eigenvalue weighted by Gasteiger charge is -2.19. The van der Waals surface area contributed by atoms with E-state index in [1.807, 2.05) is 12.3 Å². The van der Waals surface area contributed by atoms with Crippen LogP contribution in [0.1, 0.15) is 50.8 Å². The van der Waals surface area contributed by atoms with E-state index in [2.05, 4.69) is 42.1 Å². The predicted molar refractivity (Wildman–Crippen MR) is 114 cm³/mol. The molecule has 9 heteroatoms. The van der Waals surface area contributed by atoms with E-state index in [-0.39, 0.29) is 12.0 Å². The summed E-state index contributed by atoms with van der Waals surface area (Å²) in [5, 5.41) is 15.5. The molecule has 2 fully saturated rings. The van der Waals surface area contributed by atoms with Crippen LogP contribution in [0, 0.1) is 5.92 Å². The summed E-state index contributed by atoms with van der Waals surface area (Å²) in [6.45, 7) is 2.19. The van der Waals surface area contributed by atoms with Gasteiger partial charge >= 0.3 is 0 Å². The zero-order chi connectivity index (χ0) is 20.4. The van der Waals surface area contributed by atoms with E-state index in [9.17, 15) is 9.59 Å². The van der Waals surface area contributed by atoms with Gasteiger partial charge in [0.2, 0.25) is 0 Å². The maximum atomic E-state index is 12.2. The van der Waals surface area contributed by atoms with Crippen LogP contribution in [-0.4, -0.2) is 36.6 Å². The summed E-state index contributed by atoms with van der Waals surface area (Å²) in [4.78, 5) is 31.7.